The van der Waals surface area contributed by atoms with Crippen LogP contribution in [0.3, 0.4) is 0 Å². The van der Waals surface area contributed by atoms with Crippen molar-refractivity contribution in [3.8, 4) is 0 Å². The lowest BCUT2D eigenvalue weighted by molar-refractivity contribution is 1.31. The molecule has 3 aromatic carbocycles. The third-order valence-corrected chi connectivity index (χ3v) is 4.12. The van der Waals surface area contributed by atoms with Gasteiger partial charge < -0.3 is 5.32 Å². The van der Waals surface area contributed by atoms with Gasteiger partial charge in [-0.15, -0.1) is 0 Å². The highest BCUT2D eigenvalue weighted by molar-refractivity contribution is 5.72. The van der Waals surface area contributed by atoms with E-state index in [1.165, 1.54) is 33.5 Å². The van der Waals surface area contributed by atoms with Crippen molar-refractivity contribution in [1.29, 1.82) is 0 Å². The number of benzene rings is 3. The van der Waals surface area contributed by atoms with Gasteiger partial charge in [-0.05, 0) is 55.2 Å². The Morgan fingerprint density at radius 2 is 1.21 bits per heavy atom. The lowest BCUT2D eigenvalue weighted by Crippen LogP contribution is -1.97. The van der Waals surface area contributed by atoms with E-state index in [4.69, 9.17) is 0 Å². The molecule has 1 N–H and O–H groups in total. The van der Waals surface area contributed by atoms with Crippen LogP contribution in [-0.4, -0.2) is 0 Å². The van der Waals surface area contributed by atoms with E-state index < -0.39 is 0 Å². The lowest BCUT2D eigenvalue weighted by Gasteiger charge is -2.14. The molecule has 3 rings (SSSR count). The van der Waals surface area contributed by atoms with Crippen LogP contribution >= 0.6 is 0 Å². The van der Waals surface area contributed by atoms with E-state index >= 15 is 0 Å². The molecule has 0 aromatic heterocycles. The number of rotatable bonds is 4. The summed E-state index contributed by atoms with van der Waals surface area (Å²) in [5, 5.41) is 3.54. The van der Waals surface area contributed by atoms with Gasteiger partial charge in [-0.3, -0.25) is 0 Å². The molecule has 1 nitrogen and oxygen atoms in total. The van der Waals surface area contributed by atoms with E-state index in [0.29, 0.717) is 0 Å². The van der Waals surface area contributed by atoms with Crippen LogP contribution in [0.5, 0.6) is 0 Å². The number of hydrogen-bond acceptors (Lipinski definition) is 1. The SMILES string of the molecule is Cc1cc(C)c(Nc2ccc(/C=C/c3ccccc3)cc2)c(C)c1. The summed E-state index contributed by atoms with van der Waals surface area (Å²) >= 11 is 0. The van der Waals surface area contributed by atoms with Gasteiger partial charge in [-0.1, -0.05) is 72.3 Å². The van der Waals surface area contributed by atoms with Gasteiger partial charge in [-0.25, -0.2) is 0 Å². The highest BCUT2D eigenvalue weighted by Crippen LogP contribution is 2.26. The number of hydrogen-bond donors (Lipinski definition) is 1. The molecule has 3 aromatic rings. The fourth-order valence-corrected chi connectivity index (χ4v) is 2.96. The van der Waals surface area contributed by atoms with Gasteiger partial charge in [0.25, 0.3) is 0 Å². The monoisotopic (exact) mass is 313 g/mol. The van der Waals surface area contributed by atoms with Crippen LogP contribution < -0.4 is 5.32 Å². The smallest absolute Gasteiger partial charge is 0.0443 e. The summed E-state index contributed by atoms with van der Waals surface area (Å²) in [4.78, 5) is 0. The summed E-state index contributed by atoms with van der Waals surface area (Å²) in [6, 6.07) is 23.3. The average molecular weight is 313 g/mol. The largest absolute Gasteiger partial charge is 0.355 e. The fraction of sp³-hybridized carbons (Fsp3) is 0.130. The van der Waals surface area contributed by atoms with Gasteiger partial charge in [0.1, 0.15) is 0 Å². The molecular weight excluding hydrogens is 290 g/mol. The molecule has 0 bridgehead atoms. The average Bonchev–Trinajstić information content (AvgIpc) is 2.58. The highest BCUT2D eigenvalue weighted by Gasteiger charge is 2.04. The van der Waals surface area contributed by atoms with E-state index in [-0.39, 0.29) is 0 Å². The van der Waals surface area contributed by atoms with Crippen LogP contribution in [0.4, 0.5) is 11.4 Å². The topological polar surface area (TPSA) is 12.0 Å². The zero-order valence-electron chi connectivity index (χ0n) is 14.5. The van der Waals surface area contributed by atoms with Crippen molar-refractivity contribution >= 4 is 23.5 Å². The third kappa shape index (κ3) is 3.94. The number of anilines is 2. The summed E-state index contributed by atoms with van der Waals surface area (Å²) in [5.41, 5.74) is 8.58. The first-order chi connectivity index (χ1) is 11.6. The molecule has 0 unspecified atom stereocenters. The molecule has 0 heterocycles. The maximum absolute atomic E-state index is 3.54. The van der Waals surface area contributed by atoms with Crippen LogP contribution in [-0.2, 0) is 0 Å². The van der Waals surface area contributed by atoms with Crippen molar-refractivity contribution in [3.63, 3.8) is 0 Å². The summed E-state index contributed by atoms with van der Waals surface area (Å²) in [6.45, 7) is 6.44. The van der Waals surface area contributed by atoms with Crippen LogP contribution in [0.2, 0.25) is 0 Å². The van der Waals surface area contributed by atoms with Gasteiger partial charge in [0.15, 0.2) is 0 Å². The van der Waals surface area contributed by atoms with E-state index in [1.54, 1.807) is 0 Å². The van der Waals surface area contributed by atoms with E-state index in [0.717, 1.165) is 5.69 Å². The molecule has 0 atom stereocenters. The lowest BCUT2D eigenvalue weighted by atomic mass is 10.0. The Labute approximate surface area is 144 Å². The maximum atomic E-state index is 3.54. The van der Waals surface area contributed by atoms with Gasteiger partial charge in [-0.2, -0.15) is 0 Å². The Kier molecular flexibility index (Phi) is 4.81. The molecule has 0 aliphatic rings. The predicted octanol–water partition coefficient (Wildman–Crippen LogP) is 6.53. The van der Waals surface area contributed by atoms with Crippen molar-refractivity contribution in [2.75, 3.05) is 5.32 Å². The molecular formula is C23H23N. The van der Waals surface area contributed by atoms with Crippen LogP contribution in [0.1, 0.15) is 27.8 Å². The second-order valence-electron chi connectivity index (χ2n) is 6.26. The molecule has 0 saturated carbocycles. The first-order valence-electron chi connectivity index (χ1n) is 8.30. The van der Waals surface area contributed by atoms with Crippen LogP contribution in [0.25, 0.3) is 12.2 Å². The minimum absolute atomic E-state index is 1.11. The Hall–Kier alpha value is -2.80. The minimum atomic E-state index is 1.11. The standard InChI is InChI=1S/C23H23N/c1-17-15-18(2)23(19(3)16-17)24-22-13-11-21(12-14-22)10-9-20-7-5-4-6-8-20/h4-16,24H,1-3H3/b10-9+. The molecule has 24 heavy (non-hydrogen) atoms. The van der Waals surface area contributed by atoms with Gasteiger partial charge in [0.2, 0.25) is 0 Å². The zero-order chi connectivity index (χ0) is 16.9. The molecule has 120 valence electrons. The van der Waals surface area contributed by atoms with Crippen molar-refractivity contribution < 1.29 is 0 Å². The second-order valence-corrected chi connectivity index (χ2v) is 6.26. The highest BCUT2D eigenvalue weighted by atomic mass is 14.9. The zero-order valence-corrected chi connectivity index (χ0v) is 14.5. The van der Waals surface area contributed by atoms with Crippen LogP contribution in [0, 0.1) is 20.8 Å². The Bertz CT molecular complexity index is 820. The maximum Gasteiger partial charge on any atom is 0.0443 e. The van der Waals surface area contributed by atoms with Crippen molar-refractivity contribution in [2.24, 2.45) is 0 Å². The fourth-order valence-electron chi connectivity index (χ4n) is 2.96. The summed E-state index contributed by atoms with van der Waals surface area (Å²) in [6.07, 6.45) is 4.28. The molecule has 0 fully saturated rings. The van der Waals surface area contributed by atoms with E-state index in [9.17, 15) is 0 Å². The van der Waals surface area contributed by atoms with Crippen molar-refractivity contribution in [2.45, 2.75) is 20.8 Å². The first kappa shape index (κ1) is 16.1. The molecule has 0 aliphatic carbocycles. The third-order valence-electron chi connectivity index (χ3n) is 4.12. The van der Waals surface area contributed by atoms with Crippen LogP contribution in [0.15, 0.2) is 66.7 Å². The van der Waals surface area contributed by atoms with Gasteiger partial charge in [0, 0.05) is 11.4 Å². The summed E-state index contributed by atoms with van der Waals surface area (Å²) < 4.78 is 0. The normalized spacial score (nSPS) is 11.0. The molecule has 0 aliphatic heterocycles. The van der Waals surface area contributed by atoms with Gasteiger partial charge >= 0.3 is 0 Å². The molecule has 1 heteroatoms. The predicted molar refractivity (Wildman–Crippen MR) is 106 cm³/mol. The second kappa shape index (κ2) is 7.18. The Morgan fingerprint density at radius 3 is 1.79 bits per heavy atom. The Morgan fingerprint density at radius 1 is 0.667 bits per heavy atom. The van der Waals surface area contributed by atoms with E-state index in [1.807, 2.05) is 6.07 Å². The molecule has 0 saturated heterocycles. The van der Waals surface area contributed by atoms with Crippen molar-refractivity contribution in [3.05, 3.63) is 94.5 Å². The molecule has 0 amide bonds. The van der Waals surface area contributed by atoms with E-state index in [2.05, 4.69) is 98.9 Å². The number of nitrogens with one attached hydrogen (secondary N) is 1. The first-order valence-corrected chi connectivity index (χ1v) is 8.30. The number of aryl methyl sites for hydroxylation is 3. The quantitative estimate of drug-likeness (QED) is 0.540. The molecule has 0 radical (unpaired) electrons. The van der Waals surface area contributed by atoms with Gasteiger partial charge in [0.05, 0.1) is 0 Å². The Balaban J connectivity index is 1.75. The molecule has 0 spiro atoms. The summed E-state index contributed by atoms with van der Waals surface area (Å²) in [5.74, 6) is 0. The minimum Gasteiger partial charge on any atom is -0.355 e. The summed E-state index contributed by atoms with van der Waals surface area (Å²) in [7, 11) is 0. The van der Waals surface area contributed by atoms with Crippen molar-refractivity contribution in [1.82, 2.24) is 0 Å².